The first kappa shape index (κ1) is 20.6. The van der Waals surface area contributed by atoms with Gasteiger partial charge >= 0.3 is 5.97 Å². The fraction of sp³-hybridized carbons (Fsp3) is 0.682. The normalized spacial score (nSPS) is 27.0. The molecule has 2 fully saturated rings. The molecule has 4 nitrogen and oxygen atoms in total. The van der Waals surface area contributed by atoms with Crippen molar-refractivity contribution in [3.8, 4) is 0 Å². The van der Waals surface area contributed by atoms with Gasteiger partial charge in [0, 0.05) is 18.1 Å². The highest BCUT2D eigenvalue weighted by Crippen LogP contribution is 2.40. The molecule has 0 aliphatic carbocycles. The number of carbonyl (C=O) groups is 1. The average Bonchev–Trinajstić information content (AvgIpc) is 2.89. The molecule has 0 amide bonds. The molecule has 2 bridgehead atoms. The van der Waals surface area contributed by atoms with E-state index >= 15 is 0 Å². The van der Waals surface area contributed by atoms with Gasteiger partial charge in [-0.1, -0.05) is 30.3 Å². The maximum atomic E-state index is 13.0. The molecule has 2 saturated heterocycles. The molecule has 2 heterocycles. The maximum Gasteiger partial charge on any atom is 0.309 e. The molecule has 1 aromatic carbocycles. The second-order valence-electron chi connectivity index (χ2n) is 9.35. The van der Waals surface area contributed by atoms with Gasteiger partial charge in [-0.2, -0.15) is 0 Å². The Hall–Kier alpha value is -1.17. The zero-order valence-corrected chi connectivity index (χ0v) is 18.5. The minimum absolute atomic E-state index is 0.0237. The monoisotopic (exact) mass is 389 g/mol. The minimum Gasteiger partial charge on any atom is -0.455 e. The number of hydrogen-bond donors (Lipinski definition) is 0. The standard InChI is InChI=1S/C22H35NO3Si/c1-16(2)23-19-11-12-20(23)14-18(13-19)22(24)26-21(15-25-27(3,4)5)17-9-7-6-8-10-17/h6-10,16,18-21H,11-15H2,1-5H3. The van der Waals surface area contributed by atoms with Crippen LogP contribution in [0.4, 0.5) is 0 Å². The first-order valence-corrected chi connectivity index (χ1v) is 13.8. The van der Waals surface area contributed by atoms with Crippen LogP contribution >= 0.6 is 0 Å². The van der Waals surface area contributed by atoms with Gasteiger partial charge in [-0.15, -0.1) is 0 Å². The van der Waals surface area contributed by atoms with E-state index in [0.29, 0.717) is 24.7 Å². The molecule has 0 N–H and O–H groups in total. The molecule has 3 atom stereocenters. The van der Waals surface area contributed by atoms with E-state index in [9.17, 15) is 4.79 Å². The summed E-state index contributed by atoms with van der Waals surface area (Å²) < 4.78 is 12.1. The summed E-state index contributed by atoms with van der Waals surface area (Å²) in [6.07, 6.45) is 3.99. The Balaban J connectivity index is 1.66. The molecule has 0 aromatic heterocycles. The number of hydrogen-bond acceptors (Lipinski definition) is 4. The number of rotatable bonds is 7. The number of esters is 1. The van der Waals surface area contributed by atoms with Gasteiger partial charge in [-0.05, 0) is 64.7 Å². The van der Waals surface area contributed by atoms with Crippen molar-refractivity contribution in [2.24, 2.45) is 5.92 Å². The van der Waals surface area contributed by atoms with Gasteiger partial charge in [0.15, 0.2) is 8.32 Å². The van der Waals surface area contributed by atoms with Crippen molar-refractivity contribution in [2.75, 3.05) is 6.61 Å². The van der Waals surface area contributed by atoms with E-state index in [1.165, 1.54) is 12.8 Å². The summed E-state index contributed by atoms with van der Waals surface area (Å²) in [6, 6.07) is 11.7. The van der Waals surface area contributed by atoms with Gasteiger partial charge in [0.05, 0.1) is 12.5 Å². The molecule has 5 heteroatoms. The van der Waals surface area contributed by atoms with Gasteiger partial charge in [-0.3, -0.25) is 9.69 Å². The quantitative estimate of drug-likeness (QED) is 0.497. The van der Waals surface area contributed by atoms with Gasteiger partial charge in [0.1, 0.15) is 6.10 Å². The van der Waals surface area contributed by atoms with E-state index < -0.39 is 8.32 Å². The lowest BCUT2D eigenvalue weighted by Crippen LogP contribution is -2.48. The van der Waals surface area contributed by atoms with Gasteiger partial charge in [0.2, 0.25) is 0 Å². The van der Waals surface area contributed by atoms with Crippen LogP contribution < -0.4 is 0 Å². The third-order valence-corrected chi connectivity index (χ3v) is 6.85. The third-order valence-electron chi connectivity index (χ3n) is 5.82. The predicted octanol–water partition coefficient (Wildman–Crippen LogP) is 4.77. The van der Waals surface area contributed by atoms with Crippen LogP contribution in [-0.4, -0.2) is 43.9 Å². The topological polar surface area (TPSA) is 38.8 Å². The van der Waals surface area contributed by atoms with Crippen LogP contribution in [0.3, 0.4) is 0 Å². The van der Waals surface area contributed by atoms with E-state index in [0.717, 1.165) is 18.4 Å². The Morgan fingerprint density at radius 3 is 2.22 bits per heavy atom. The molecule has 1 aromatic rings. The maximum absolute atomic E-state index is 13.0. The zero-order chi connectivity index (χ0) is 19.6. The van der Waals surface area contributed by atoms with Crippen LogP contribution in [0.5, 0.6) is 0 Å². The highest BCUT2D eigenvalue weighted by molar-refractivity contribution is 6.69. The lowest BCUT2D eigenvalue weighted by Gasteiger charge is -2.41. The third kappa shape index (κ3) is 5.21. The average molecular weight is 390 g/mol. The first-order chi connectivity index (χ1) is 12.7. The Morgan fingerprint density at radius 2 is 1.70 bits per heavy atom. The highest BCUT2D eigenvalue weighted by atomic mass is 28.4. The van der Waals surface area contributed by atoms with Crippen molar-refractivity contribution in [3.05, 3.63) is 35.9 Å². The Labute approximate surface area is 165 Å². The van der Waals surface area contributed by atoms with E-state index in [4.69, 9.17) is 9.16 Å². The fourth-order valence-corrected chi connectivity index (χ4v) is 5.33. The second kappa shape index (κ2) is 8.46. The van der Waals surface area contributed by atoms with Crippen LogP contribution in [0, 0.1) is 5.92 Å². The molecule has 2 aliphatic heterocycles. The molecular formula is C22H35NO3Si. The van der Waals surface area contributed by atoms with Crippen LogP contribution in [0.1, 0.15) is 51.2 Å². The van der Waals surface area contributed by atoms with E-state index in [1.54, 1.807) is 0 Å². The summed E-state index contributed by atoms with van der Waals surface area (Å²) in [4.78, 5) is 15.6. The molecule has 27 heavy (non-hydrogen) atoms. The fourth-order valence-electron chi connectivity index (χ4n) is 4.68. The van der Waals surface area contributed by atoms with Crippen LogP contribution in [0.25, 0.3) is 0 Å². The molecule has 3 unspecified atom stereocenters. The Bertz CT molecular complexity index is 614. The van der Waals surface area contributed by atoms with Crippen LogP contribution in [-0.2, 0) is 14.0 Å². The summed E-state index contributed by atoms with van der Waals surface area (Å²) in [7, 11) is -1.68. The SMILES string of the molecule is CC(C)N1C2CCC1CC(C(=O)OC(CO[Si](C)(C)C)c1ccccc1)C2. The number of benzene rings is 1. The molecule has 0 saturated carbocycles. The number of fused-ring (bicyclic) bond motifs is 2. The van der Waals surface area contributed by atoms with E-state index in [1.807, 2.05) is 30.3 Å². The smallest absolute Gasteiger partial charge is 0.309 e. The molecule has 0 radical (unpaired) electrons. The first-order valence-electron chi connectivity index (χ1n) is 10.4. The Morgan fingerprint density at radius 1 is 1.11 bits per heavy atom. The summed E-state index contributed by atoms with van der Waals surface area (Å²) in [5, 5.41) is 0. The number of carbonyl (C=O) groups excluding carboxylic acids is 1. The van der Waals surface area contributed by atoms with Crippen LogP contribution in [0.2, 0.25) is 19.6 Å². The number of ether oxygens (including phenoxy) is 1. The molecule has 2 aliphatic rings. The van der Waals surface area contributed by atoms with Crippen molar-refractivity contribution in [1.82, 2.24) is 4.90 Å². The Kier molecular flexibility index (Phi) is 6.44. The number of nitrogens with zero attached hydrogens (tertiary/aromatic N) is 1. The summed E-state index contributed by atoms with van der Waals surface area (Å²) in [6.45, 7) is 11.5. The van der Waals surface area contributed by atoms with Gasteiger partial charge in [0.25, 0.3) is 0 Å². The molecule has 0 spiro atoms. The van der Waals surface area contributed by atoms with Gasteiger partial charge < -0.3 is 9.16 Å². The van der Waals surface area contributed by atoms with Crippen molar-refractivity contribution in [1.29, 1.82) is 0 Å². The zero-order valence-electron chi connectivity index (χ0n) is 17.5. The predicted molar refractivity (Wildman–Crippen MR) is 111 cm³/mol. The minimum atomic E-state index is -1.68. The van der Waals surface area contributed by atoms with Gasteiger partial charge in [-0.25, -0.2) is 0 Å². The van der Waals surface area contributed by atoms with Crippen molar-refractivity contribution >= 4 is 14.3 Å². The molecule has 150 valence electrons. The summed E-state index contributed by atoms with van der Waals surface area (Å²) in [5.74, 6) is -0.0149. The van der Waals surface area contributed by atoms with Crippen molar-refractivity contribution in [2.45, 2.75) is 83.4 Å². The molecule has 3 rings (SSSR count). The van der Waals surface area contributed by atoms with Crippen LogP contribution in [0.15, 0.2) is 30.3 Å². The number of piperidine rings is 1. The lowest BCUT2D eigenvalue weighted by atomic mass is 9.89. The van der Waals surface area contributed by atoms with Crippen molar-refractivity contribution < 1.29 is 14.0 Å². The lowest BCUT2D eigenvalue weighted by molar-refractivity contribution is -0.159. The highest BCUT2D eigenvalue weighted by Gasteiger charge is 2.44. The largest absolute Gasteiger partial charge is 0.455 e. The summed E-state index contributed by atoms with van der Waals surface area (Å²) in [5.41, 5.74) is 1.02. The van der Waals surface area contributed by atoms with Crippen molar-refractivity contribution in [3.63, 3.8) is 0 Å². The van der Waals surface area contributed by atoms with E-state index in [2.05, 4.69) is 38.4 Å². The van der Waals surface area contributed by atoms with E-state index in [-0.39, 0.29) is 18.0 Å². The summed E-state index contributed by atoms with van der Waals surface area (Å²) >= 11 is 0. The molecular weight excluding hydrogens is 354 g/mol. The second-order valence-corrected chi connectivity index (χ2v) is 13.9.